The lowest BCUT2D eigenvalue weighted by Crippen LogP contribution is -2.34. The van der Waals surface area contributed by atoms with Crippen LogP contribution in [0.2, 0.25) is 0 Å². The maximum atomic E-state index is 10.2. The highest BCUT2D eigenvalue weighted by atomic mass is 16.3. The van der Waals surface area contributed by atoms with Gasteiger partial charge in [-0.25, -0.2) is 0 Å². The van der Waals surface area contributed by atoms with Crippen LogP contribution in [-0.4, -0.2) is 28.7 Å². The van der Waals surface area contributed by atoms with Gasteiger partial charge < -0.3 is 10.2 Å². The second kappa shape index (κ2) is 5.27. The minimum absolute atomic E-state index is 0.272. The highest BCUT2D eigenvalue weighted by Crippen LogP contribution is 2.16. The monoisotopic (exact) mass is 173 g/mol. The molecule has 0 spiro atoms. The molecule has 0 saturated heterocycles. The zero-order chi connectivity index (χ0) is 9.72. The molecule has 0 aromatic rings. The molecular formula is C9H17O3. The van der Waals surface area contributed by atoms with Gasteiger partial charge in [-0.05, 0) is 6.42 Å². The van der Waals surface area contributed by atoms with Crippen LogP contribution in [0.3, 0.4) is 0 Å². The summed E-state index contributed by atoms with van der Waals surface area (Å²) in [5, 5.41) is 18.8. The molecule has 3 heteroatoms. The molecule has 0 aliphatic rings. The van der Waals surface area contributed by atoms with Gasteiger partial charge in [0, 0.05) is 11.8 Å². The first-order valence-electron chi connectivity index (χ1n) is 4.28. The van der Waals surface area contributed by atoms with E-state index in [0.29, 0.717) is 6.42 Å². The van der Waals surface area contributed by atoms with Crippen molar-refractivity contribution in [3.63, 3.8) is 0 Å². The minimum Gasteiger partial charge on any atom is -0.393 e. The van der Waals surface area contributed by atoms with Crippen molar-refractivity contribution in [1.29, 1.82) is 0 Å². The molecule has 0 saturated carbocycles. The molecule has 0 heterocycles. The lowest BCUT2D eigenvalue weighted by Gasteiger charge is -2.24. The van der Waals surface area contributed by atoms with Crippen molar-refractivity contribution in [2.75, 3.05) is 0 Å². The molecule has 4 atom stereocenters. The molecule has 0 aliphatic carbocycles. The normalized spacial score (nSPS) is 21.1. The Kier molecular flexibility index (Phi) is 5.09. The third-order valence-corrected chi connectivity index (χ3v) is 2.26. The van der Waals surface area contributed by atoms with Crippen molar-refractivity contribution in [2.45, 2.75) is 39.4 Å². The van der Waals surface area contributed by atoms with E-state index in [1.807, 2.05) is 6.92 Å². The van der Waals surface area contributed by atoms with Gasteiger partial charge in [0.05, 0.1) is 12.2 Å². The van der Waals surface area contributed by atoms with Crippen LogP contribution >= 0.6 is 0 Å². The Morgan fingerprint density at radius 3 is 2.17 bits per heavy atom. The lowest BCUT2D eigenvalue weighted by atomic mass is 9.89. The molecule has 0 aromatic carbocycles. The highest BCUT2D eigenvalue weighted by Gasteiger charge is 2.25. The first-order chi connectivity index (χ1) is 5.54. The second-order valence-corrected chi connectivity index (χ2v) is 3.23. The van der Waals surface area contributed by atoms with E-state index < -0.39 is 18.1 Å². The number of rotatable bonds is 5. The molecule has 3 nitrogen and oxygen atoms in total. The summed E-state index contributed by atoms with van der Waals surface area (Å²) in [5.41, 5.74) is 0. The SMILES string of the molecule is CCC(O)C(C)C(O)C(C)[C]=O. The third kappa shape index (κ3) is 2.91. The molecular weight excluding hydrogens is 156 g/mol. The van der Waals surface area contributed by atoms with Gasteiger partial charge in [0.1, 0.15) is 0 Å². The Balaban J connectivity index is 4.07. The van der Waals surface area contributed by atoms with Gasteiger partial charge in [0.25, 0.3) is 0 Å². The zero-order valence-electron chi connectivity index (χ0n) is 7.82. The Bertz CT molecular complexity index is 136. The van der Waals surface area contributed by atoms with Crippen LogP contribution < -0.4 is 0 Å². The fraction of sp³-hybridized carbons (Fsp3) is 0.889. The molecule has 71 valence electrons. The van der Waals surface area contributed by atoms with Gasteiger partial charge in [0.2, 0.25) is 6.29 Å². The molecule has 12 heavy (non-hydrogen) atoms. The largest absolute Gasteiger partial charge is 0.393 e. The summed E-state index contributed by atoms with van der Waals surface area (Å²) in [4.78, 5) is 10.2. The summed E-state index contributed by atoms with van der Waals surface area (Å²) in [7, 11) is 0. The first-order valence-corrected chi connectivity index (χ1v) is 4.28. The van der Waals surface area contributed by atoms with Crippen LogP contribution in [0, 0.1) is 11.8 Å². The Labute approximate surface area is 73.4 Å². The molecule has 0 bridgehead atoms. The highest BCUT2D eigenvalue weighted by molar-refractivity contribution is 5.54. The summed E-state index contributed by atoms with van der Waals surface area (Å²) >= 11 is 0. The fourth-order valence-electron chi connectivity index (χ4n) is 1.12. The van der Waals surface area contributed by atoms with Crippen molar-refractivity contribution in [3.05, 3.63) is 0 Å². The van der Waals surface area contributed by atoms with Crippen LogP contribution in [0.5, 0.6) is 0 Å². The van der Waals surface area contributed by atoms with E-state index >= 15 is 0 Å². The van der Waals surface area contributed by atoms with E-state index in [2.05, 4.69) is 0 Å². The quantitative estimate of drug-likeness (QED) is 0.636. The molecule has 0 aromatic heterocycles. The van der Waals surface area contributed by atoms with E-state index in [-0.39, 0.29) is 5.92 Å². The average Bonchev–Trinajstić information content (AvgIpc) is 2.12. The molecule has 0 fully saturated rings. The molecule has 0 amide bonds. The van der Waals surface area contributed by atoms with Gasteiger partial charge in [0.15, 0.2) is 0 Å². The minimum atomic E-state index is -0.794. The maximum Gasteiger partial charge on any atom is 0.204 e. The molecule has 2 N–H and O–H groups in total. The van der Waals surface area contributed by atoms with Crippen LogP contribution in [0.4, 0.5) is 0 Å². The van der Waals surface area contributed by atoms with E-state index in [0.717, 1.165) is 0 Å². The van der Waals surface area contributed by atoms with Crippen LogP contribution in [0.15, 0.2) is 0 Å². The molecule has 1 radical (unpaired) electrons. The van der Waals surface area contributed by atoms with Crippen molar-refractivity contribution in [2.24, 2.45) is 11.8 Å². The smallest absolute Gasteiger partial charge is 0.204 e. The lowest BCUT2D eigenvalue weighted by molar-refractivity contribution is 0.00608. The number of aliphatic hydroxyl groups is 2. The van der Waals surface area contributed by atoms with Gasteiger partial charge >= 0.3 is 0 Å². The van der Waals surface area contributed by atoms with Crippen LogP contribution in [0.1, 0.15) is 27.2 Å². The van der Waals surface area contributed by atoms with Gasteiger partial charge in [-0.3, -0.25) is 4.79 Å². The van der Waals surface area contributed by atoms with E-state index in [1.54, 1.807) is 20.1 Å². The number of hydrogen-bond donors (Lipinski definition) is 2. The van der Waals surface area contributed by atoms with Crippen molar-refractivity contribution < 1.29 is 15.0 Å². The molecule has 0 aliphatic heterocycles. The Morgan fingerprint density at radius 2 is 1.83 bits per heavy atom. The van der Waals surface area contributed by atoms with Crippen molar-refractivity contribution in [3.8, 4) is 0 Å². The van der Waals surface area contributed by atoms with Crippen LogP contribution in [-0.2, 0) is 4.79 Å². The number of carbonyl (C=O) groups excluding carboxylic acids is 1. The standard InChI is InChI=1S/C9H17O3/c1-4-8(11)7(3)9(12)6(2)5-10/h6-9,11-12H,4H2,1-3H3. The summed E-state index contributed by atoms with van der Waals surface area (Å²) in [5.74, 6) is -0.798. The van der Waals surface area contributed by atoms with Crippen LogP contribution in [0.25, 0.3) is 0 Å². The Hall–Kier alpha value is -0.410. The maximum absolute atomic E-state index is 10.2. The van der Waals surface area contributed by atoms with E-state index in [9.17, 15) is 15.0 Å². The summed E-state index contributed by atoms with van der Waals surface area (Å²) in [6, 6.07) is 0. The van der Waals surface area contributed by atoms with Gasteiger partial charge in [-0.1, -0.05) is 20.8 Å². The van der Waals surface area contributed by atoms with E-state index in [4.69, 9.17) is 0 Å². The summed E-state index contributed by atoms with van der Waals surface area (Å²) in [6.45, 7) is 5.16. The van der Waals surface area contributed by atoms with Crippen molar-refractivity contribution >= 4 is 6.29 Å². The van der Waals surface area contributed by atoms with E-state index in [1.165, 1.54) is 0 Å². The topological polar surface area (TPSA) is 57.5 Å². The summed E-state index contributed by atoms with van der Waals surface area (Å²) in [6.07, 6.45) is 0.961. The Morgan fingerprint density at radius 1 is 1.33 bits per heavy atom. The average molecular weight is 173 g/mol. The first kappa shape index (κ1) is 11.6. The fourth-order valence-corrected chi connectivity index (χ4v) is 1.12. The number of aliphatic hydroxyl groups excluding tert-OH is 2. The number of hydrogen-bond acceptors (Lipinski definition) is 3. The third-order valence-electron chi connectivity index (χ3n) is 2.26. The molecule has 4 unspecified atom stereocenters. The predicted molar refractivity (Wildman–Crippen MR) is 46.3 cm³/mol. The van der Waals surface area contributed by atoms with Crippen molar-refractivity contribution in [1.82, 2.24) is 0 Å². The zero-order valence-corrected chi connectivity index (χ0v) is 7.82. The summed E-state index contributed by atoms with van der Waals surface area (Å²) < 4.78 is 0. The molecule has 0 rings (SSSR count). The second-order valence-electron chi connectivity index (χ2n) is 3.23. The predicted octanol–water partition coefficient (Wildman–Crippen LogP) is 0.500. The van der Waals surface area contributed by atoms with Gasteiger partial charge in [-0.15, -0.1) is 0 Å². The van der Waals surface area contributed by atoms with Gasteiger partial charge in [-0.2, -0.15) is 0 Å².